The smallest absolute Gasteiger partial charge is 0.236 e. The molecule has 0 spiro atoms. The van der Waals surface area contributed by atoms with E-state index in [0.29, 0.717) is 16.7 Å². The molecule has 1 amide bonds. The predicted molar refractivity (Wildman–Crippen MR) is 91.7 cm³/mol. The van der Waals surface area contributed by atoms with Gasteiger partial charge in [-0.1, -0.05) is 47.3 Å². The fourth-order valence-corrected chi connectivity index (χ4v) is 2.92. The summed E-state index contributed by atoms with van der Waals surface area (Å²) in [6, 6.07) is 11.5. The average Bonchev–Trinajstić information content (AvgIpc) is 3.23. The maximum absolute atomic E-state index is 12.1. The van der Waals surface area contributed by atoms with Crippen LogP contribution in [-0.4, -0.2) is 31.6 Å². The zero-order valence-corrected chi connectivity index (χ0v) is 14.2. The van der Waals surface area contributed by atoms with E-state index < -0.39 is 0 Å². The van der Waals surface area contributed by atoms with Gasteiger partial charge in [0.1, 0.15) is 6.33 Å². The monoisotopic (exact) mass is 343 g/mol. The summed E-state index contributed by atoms with van der Waals surface area (Å²) in [6.07, 6.45) is 1.66. The summed E-state index contributed by atoms with van der Waals surface area (Å²) >= 11 is 1.33. The Balaban J connectivity index is 1.58. The third kappa shape index (κ3) is 3.83. The molecule has 7 nitrogen and oxygen atoms in total. The van der Waals surface area contributed by atoms with Crippen LogP contribution in [0.1, 0.15) is 19.9 Å². The Labute approximate surface area is 143 Å². The molecule has 3 rings (SSSR count). The largest absolute Gasteiger partial charge is 0.354 e. The zero-order valence-electron chi connectivity index (χ0n) is 13.3. The summed E-state index contributed by atoms with van der Waals surface area (Å²) < 4.78 is 7.17. The van der Waals surface area contributed by atoms with E-state index in [1.807, 2.05) is 48.7 Å². The van der Waals surface area contributed by atoms with Gasteiger partial charge in [-0.05, 0) is 13.8 Å². The molecule has 124 valence electrons. The van der Waals surface area contributed by atoms with E-state index in [0.717, 1.165) is 5.56 Å². The molecule has 24 heavy (non-hydrogen) atoms. The Hall–Kier alpha value is -2.61. The molecule has 0 aliphatic carbocycles. The number of anilines is 1. The second kappa shape index (κ2) is 7.31. The molecule has 0 saturated heterocycles. The summed E-state index contributed by atoms with van der Waals surface area (Å²) in [5.41, 5.74) is 0.907. The van der Waals surface area contributed by atoms with Crippen molar-refractivity contribution < 1.29 is 9.32 Å². The van der Waals surface area contributed by atoms with Crippen molar-refractivity contribution in [2.45, 2.75) is 25.0 Å². The first-order valence-electron chi connectivity index (χ1n) is 7.48. The summed E-state index contributed by atoms with van der Waals surface area (Å²) in [5.74, 6) is 1.05. The van der Waals surface area contributed by atoms with Gasteiger partial charge in [0.15, 0.2) is 16.7 Å². The van der Waals surface area contributed by atoms with Crippen molar-refractivity contribution in [2.24, 2.45) is 0 Å². The lowest BCUT2D eigenvalue weighted by atomic mass is 10.2. The summed E-state index contributed by atoms with van der Waals surface area (Å²) in [4.78, 5) is 12.1. The molecule has 1 N–H and O–H groups in total. The minimum atomic E-state index is -0.175. The topological polar surface area (TPSA) is 85.8 Å². The highest BCUT2D eigenvalue weighted by Gasteiger charge is 2.13. The number of benzene rings is 1. The Morgan fingerprint density at radius 1 is 1.33 bits per heavy atom. The van der Waals surface area contributed by atoms with Crippen LogP contribution in [-0.2, 0) is 4.79 Å². The Bertz CT molecular complexity index is 813. The normalized spacial score (nSPS) is 11.0. The van der Waals surface area contributed by atoms with Gasteiger partial charge in [0.05, 0.1) is 5.75 Å². The highest BCUT2D eigenvalue weighted by atomic mass is 32.2. The van der Waals surface area contributed by atoms with Gasteiger partial charge in [0, 0.05) is 17.7 Å². The molecule has 2 heterocycles. The van der Waals surface area contributed by atoms with E-state index >= 15 is 0 Å². The number of carbonyl (C=O) groups is 1. The molecule has 0 unspecified atom stereocenters. The fraction of sp³-hybridized carbons (Fsp3) is 0.250. The molecular weight excluding hydrogens is 326 g/mol. The number of hydrogen-bond donors (Lipinski definition) is 1. The molecule has 0 aliphatic heterocycles. The summed E-state index contributed by atoms with van der Waals surface area (Å²) in [5, 5.41) is 15.2. The van der Waals surface area contributed by atoms with Gasteiger partial charge in [-0.2, -0.15) is 0 Å². The van der Waals surface area contributed by atoms with E-state index in [1.54, 1.807) is 12.4 Å². The number of nitrogens with zero attached hydrogens (tertiary/aromatic N) is 4. The first kappa shape index (κ1) is 16.3. The number of amides is 1. The number of rotatable bonds is 6. The van der Waals surface area contributed by atoms with Gasteiger partial charge in [0.2, 0.25) is 5.91 Å². The highest BCUT2D eigenvalue weighted by molar-refractivity contribution is 7.99. The van der Waals surface area contributed by atoms with Crippen LogP contribution in [0.15, 0.2) is 52.4 Å². The van der Waals surface area contributed by atoms with Crippen LogP contribution in [0.4, 0.5) is 5.82 Å². The first-order valence-corrected chi connectivity index (χ1v) is 8.46. The SMILES string of the molecule is CC(C)n1cnnc1SCC(=O)Nc1cc(-c2ccccc2)on1. The molecule has 0 saturated carbocycles. The molecule has 8 heteroatoms. The molecular formula is C16H17N5O2S. The average molecular weight is 343 g/mol. The number of thioether (sulfide) groups is 1. The molecule has 2 aromatic heterocycles. The standard InChI is InChI=1S/C16H17N5O2S/c1-11(2)21-10-17-19-16(21)24-9-15(22)18-14-8-13(23-20-14)12-6-4-3-5-7-12/h3-8,10-11H,9H2,1-2H3,(H,18,20,22). The van der Waals surface area contributed by atoms with Crippen molar-refractivity contribution in [3.8, 4) is 11.3 Å². The fourth-order valence-electron chi connectivity index (χ4n) is 2.07. The van der Waals surface area contributed by atoms with Gasteiger partial charge >= 0.3 is 0 Å². The van der Waals surface area contributed by atoms with Crippen molar-refractivity contribution in [2.75, 3.05) is 11.1 Å². The lowest BCUT2D eigenvalue weighted by Crippen LogP contribution is -2.15. The number of nitrogens with one attached hydrogen (secondary N) is 1. The minimum Gasteiger partial charge on any atom is -0.354 e. The molecule has 0 fully saturated rings. The summed E-state index contributed by atoms with van der Waals surface area (Å²) in [7, 11) is 0. The van der Waals surface area contributed by atoms with Crippen LogP contribution in [0.25, 0.3) is 11.3 Å². The van der Waals surface area contributed by atoms with Gasteiger partial charge in [-0.15, -0.1) is 10.2 Å². The molecule has 0 bridgehead atoms. The Kier molecular flexibility index (Phi) is 4.95. The van der Waals surface area contributed by atoms with Crippen molar-refractivity contribution in [1.82, 2.24) is 19.9 Å². The van der Waals surface area contributed by atoms with E-state index in [-0.39, 0.29) is 17.7 Å². The van der Waals surface area contributed by atoms with E-state index in [4.69, 9.17) is 4.52 Å². The second-order valence-corrected chi connectivity index (χ2v) is 6.34. The third-order valence-electron chi connectivity index (χ3n) is 3.26. The summed E-state index contributed by atoms with van der Waals surface area (Å²) in [6.45, 7) is 4.07. The number of aromatic nitrogens is 4. The Morgan fingerprint density at radius 2 is 2.12 bits per heavy atom. The van der Waals surface area contributed by atoms with E-state index in [1.165, 1.54) is 11.8 Å². The van der Waals surface area contributed by atoms with Gasteiger partial charge in [0.25, 0.3) is 0 Å². The van der Waals surface area contributed by atoms with Crippen molar-refractivity contribution in [3.63, 3.8) is 0 Å². The maximum atomic E-state index is 12.1. The van der Waals surface area contributed by atoms with Gasteiger partial charge < -0.3 is 14.4 Å². The van der Waals surface area contributed by atoms with Gasteiger partial charge in [-0.25, -0.2) is 0 Å². The zero-order chi connectivity index (χ0) is 16.9. The van der Waals surface area contributed by atoms with Crippen LogP contribution >= 0.6 is 11.8 Å². The second-order valence-electron chi connectivity index (χ2n) is 5.39. The minimum absolute atomic E-state index is 0.175. The van der Waals surface area contributed by atoms with Crippen molar-refractivity contribution in [3.05, 3.63) is 42.7 Å². The number of hydrogen-bond acceptors (Lipinski definition) is 6. The van der Waals surface area contributed by atoms with E-state index in [9.17, 15) is 4.79 Å². The molecule has 1 aromatic carbocycles. The highest BCUT2D eigenvalue weighted by Crippen LogP contribution is 2.23. The predicted octanol–water partition coefficient (Wildman–Crippen LogP) is 3.24. The first-order chi connectivity index (χ1) is 11.6. The molecule has 0 atom stereocenters. The lowest BCUT2D eigenvalue weighted by molar-refractivity contribution is -0.113. The van der Waals surface area contributed by atoms with Crippen molar-refractivity contribution in [1.29, 1.82) is 0 Å². The molecule has 0 aliphatic rings. The van der Waals surface area contributed by atoms with E-state index in [2.05, 4.69) is 20.7 Å². The van der Waals surface area contributed by atoms with Crippen molar-refractivity contribution >= 4 is 23.5 Å². The van der Waals surface area contributed by atoms with Crippen LogP contribution in [0.5, 0.6) is 0 Å². The van der Waals surface area contributed by atoms with Crippen LogP contribution in [0, 0.1) is 0 Å². The van der Waals surface area contributed by atoms with Gasteiger partial charge in [-0.3, -0.25) is 4.79 Å². The number of carbonyl (C=O) groups excluding carboxylic acids is 1. The van der Waals surface area contributed by atoms with Crippen LogP contribution in [0.3, 0.4) is 0 Å². The quantitative estimate of drug-likeness (QED) is 0.692. The maximum Gasteiger partial charge on any atom is 0.236 e. The molecule has 3 aromatic rings. The Morgan fingerprint density at radius 3 is 2.88 bits per heavy atom. The van der Waals surface area contributed by atoms with Crippen LogP contribution < -0.4 is 5.32 Å². The molecule has 0 radical (unpaired) electrons. The third-order valence-corrected chi connectivity index (χ3v) is 4.22. The van der Waals surface area contributed by atoms with Crippen LogP contribution in [0.2, 0.25) is 0 Å². The lowest BCUT2D eigenvalue weighted by Gasteiger charge is -2.08.